The van der Waals surface area contributed by atoms with E-state index in [-0.39, 0.29) is 6.04 Å². The highest BCUT2D eigenvalue weighted by Crippen LogP contribution is 2.29. The van der Waals surface area contributed by atoms with Crippen LogP contribution in [0.5, 0.6) is 11.6 Å². The lowest BCUT2D eigenvalue weighted by Gasteiger charge is -2.33. The lowest BCUT2D eigenvalue weighted by Crippen LogP contribution is -2.48. The van der Waals surface area contributed by atoms with E-state index in [0.29, 0.717) is 24.7 Å². The molecule has 0 aliphatic carbocycles. The minimum absolute atomic E-state index is 0.285. The molecule has 0 saturated carbocycles. The van der Waals surface area contributed by atoms with E-state index in [0.717, 1.165) is 61.1 Å². The average molecular weight is 472 g/mol. The Labute approximate surface area is 193 Å². The molecule has 176 valence electrons. The van der Waals surface area contributed by atoms with Crippen LogP contribution < -0.4 is 15.6 Å². The third-order valence-corrected chi connectivity index (χ3v) is 7.65. The van der Waals surface area contributed by atoms with E-state index >= 15 is 0 Å². The van der Waals surface area contributed by atoms with E-state index in [1.165, 1.54) is 6.26 Å². The molecule has 10 heteroatoms. The number of benzene rings is 1. The fourth-order valence-electron chi connectivity index (χ4n) is 4.40. The zero-order valence-corrected chi connectivity index (χ0v) is 19.5. The molecule has 0 amide bonds. The van der Waals surface area contributed by atoms with E-state index in [2.05, 4.69) is 20.7 Å². The number of ether oxygens (including phenoxy) is 1. The summed E-state index contributed by atoms with van der Waals surface area (Å²) in [6, 6.07) is 10.1. The van der Waals surface area contributed by atoms with Crippen molar-refractivity contribution >= 4 is 21.0 Å². The molecule has 1 aromatic carbocycles. The largest absolute Gasteiger partial charge is 0.464 e. The Morgan fingerprint density at radius 1 is 1.18 bits per heavy atom. The zero-order chi connectivity index (χ0) is 22.8. The number of nitrogens with zero attached hydrogens (tertiary/aromatic N) is 3. The van der Waals surface area contributed by atoms with Crippen LogP contribution in [0.3, 0.4) is 0 Å². The molecule has 2 aliphatic rings. The van der Waals surface area contributed by atoms with Crippen molar-refractivity contribution in [3.8, 4) is 11.6 Å². The Bertz CT molecular complexity index is 1200. The monoisotopic (exact) mass is 471 g/mol. The molecule has 1 unspecified atom stereocenters. The van der Waals surface area contributed by atoms with Crippen molar-refractivity contribution in [3.63, 3.8) is 0 Å². The smallest absolute Gasteiger partial charge is 0.219 e. The molecule has 0 spiro atoms. The van der Waals surface area contributed by atoms with Crippen LogP contribution in [0.2, 0.25) is 0 Å². The number of rotatable bonds is 7. The van der Waals surface area contributed by atoms with E-state index in [4.69, 9.17) is 9.15 Å². The Hall–Kier alpha value is -2.50. The Morgan fingerprint density at radius 3 is 2.73 bits per heavy atom. The maximum absolute atomic E-state index is 11.7. The number of hydrogen-bond donors (Lipinski definition) is 2. The molecule has 2 aromatic heterocycles. The van der Waals surface area contributed by atoms with Crippen molar-refractivity contribution in [2.24, 2.45) is 0 Å². The Balaban J connectivity index is 1.18. The highest BCUT2D eigenvalue weighted by molar-refractivity contribution is 7.88. The molecule has 2 saturated heterocycles. The summed E-state index contributed by atoms with van der Waals surface area (Å²) in [5, 5.41) is 1.07. The number of hydrazine groups is 1. The first-order valence-corrected chi connectivity index (χ1v) is 13.1. The molecule has 0 bridgehead atoms. The minimum Gasteiger partial charge on any atom is -0.464 e. The predicted molar refractivity (Wildman–Crippen MR) is 126 cm³/mol. The highest BCUT2D eigenvalue weighted by atomic mass is 32.2. The average Bonchev–Trinajstić information content (AvgIpc) is 3.48. The molecule has 5 rings (SSSR count). The van der Waals surface area contributed by atoms with Gasteiger partial charge in [0, 0.05) is 69.0 Å². The number of pyridine rings is 1. The van der Waals surface area contributed by atoms with Crippen LogP contribution >= 0.6 is 0 Å². The van der Waals surface area contributed by atoms with Gasteiger partial charge in [0.1, 0.15) is 11.3 Å². The summed E-state index contributed by atoms with van der Waals surface area (Å²) in [6.07, 6.45) is 6.81. The van der Waals surface area contributed by atoms with Crippen LogP contribution in [0.1, 0.15) is 23.6 Å². The third kappa shape index (κ3) is 5.20. The molecule has 4 heterocycles. The lowest BCUT2D eigenvalue weighted by molar-refractivity contribution is 0.191. The van der Waals surface area contributed by atoms with E-state index in [1.54, 1.807) is 10.6 Å². The van der Waals surface area contributed by atoms with Gasteiger partial charge in [0.2, 0.25) is 15.9 Å². The topological polar surface area (TPSA) is 99.9 Å². The molecular formula is C23H29N5O4S. The van der Waals surface area contributed by atoms with Crippen LogP contribution in [0, 0.1) is 0 Å². The van der Waals surface area contributed by atoms with Gasteiger partial charge < -0.3 is 14.1 Å². The van der Waals surface area contributed by atoms with Crippen LogP contribution in [0.25, 0.3) is 11.0 Å². The van der Waals surface area contributed by atoms with E-state index < -0.39 is 10.0 Å². The second-order valence-electron chi connectivity index (χ2n) is 8.62. The summed E-state index contributed by atoms with van der Waals surface area (Å²) in [5.41, 5.74) is 9.42. The van der Waals surface area contributed by atoms with Gasteiger partial charge in [0.25, 0.3) is 0 Å². The summed E-state index contributed by atoms with van der Waals surface area (Å²) in [7, 11) is -3.10. The fraction of sp³-hybridized carbons (Fsp3) is 0.435. The third-order valence-electron chi connectivity index (χ3n) is 6.34. The normalized spacial score (nSPS) is 20.5. The summed E-state index contributed by atoms with van der Waals surface area (Å²) in [5.74, 6) is 1.23. The number of aromatic nitrogens is 1. The molecule has 33 heavy (non-hydrogen) atoms. The van der Waals surface area contributed by atoms with Gasteiger partial charge in [-0.1, -0.05) is 6.07 Å². The first kappa shape index (κ1) is 22.3. The van der Waals surface area contributed by atoms with Crippen LogP contribution in [-0.2, 0) is 16.4 Å². The summed E-state index contributed by atoms with van der Waals surface area (Å²) >= 11 is 0. The van der Waals surface area contributed by atoms with Gasteiger partial charge in [-0.2, -0.15) is 4.31 Å². The molecule has 2 fully saturated rings. The van der Waals surface area contributed by atoms with Crippen molar-refractivity contribution in [2.45, 2.75) is 18.9 Å². The summed E-state index contributed by atoms with van der Waals surface area (Å²) in [4.78, 5) is 6.73. The number of furan rings is 1. The molecule has 2 N–H and O–H groups in total. The van der Waals surface area contributed by atoms with Crippen LogP contribution in [-0.4, -0.2) is 68.1 Å². The fourth-order valence-corrected chi connectivity index (χ4v) is 5.22. The second kappa shape index (κ2) is 9.40. The Kier molecular flexibility index (Phi) is 6.35. The Morgan fingerprint density at radius 2 is 2.03 bits per heavy atom. The molecular weight excluding hydrogens is 442 g/mol. The number of fused-ring (bicyclic) bond motifs is 1. The van der Waals surface area contributed by atoms with Gasteiger partial charge in [-0.15, -0.1) is 0 Å². The molecule has 2 aliphatic heterocycles. The van der Waals surface area contributed by atoms with Crippen LogP contribution in [0.4, 0.5) is 0 Å². The molecule has 9 nitrogen and oxygen atoms in total. The molecule has 0 radical (unpaired) electrons. The zero-order valence-electron chi connectivity index (χ0n) is 18.7. The number of sulfonamides is 1. The number of nitrogens with one attached hydrogen (secondary N) is 2. The lowest BCUT2D eigenvalue weighted by atomic mass is 10.1. The summed E-state index contributed by atoms with van der Waals surface area (Å²) in [6.45, 7) is 4.42. The quantitative estimate of drug-likeness (QED) is 0.541. The van der Waals surface area contributed by atoms with Gasteiger partial charge >= 0.3 is 0 Å². The van der Waals surface area contributed by atoms with Crippen molar-refractivity contribution in [2.75, 3.05) is 45.5 Å². The van der Waals surface area contributed by atoms with Crippen LogP contribution in [0.15, 0.2) is 47.2 Å². The van der Waals surface area contributed by atoms with Gasteiger partial charge in [-0.25, -0.2) is 13.4 Å². The van der Waals surface area contributed by atoms with Crippen molar-refractivity contribution in [3.05, 3.63) is 53.9 Å². The van der Waals surface area contributed by atoms with E-state index in [9.17, 15) is 8.42 Å². The first-order chi connectivity index (χ1) is 16.0. The SMILES string of the molecule is CS(=O)(=O)N1CCN(CCc2coc3cc(Oc4ccc(C5CCNN5)cn4)ccc23)CC1. The minimum atomic E-state index is -3.10. The summed E-state index contributed by atoms with van der Waals surface area (Å²) < 4.78 is 36.6. The number of piperazine rings is 1. The number of hydrogen-bond acceptors (Lipinski definition) is 8. The highest BCUT2D eigenvalue weighted by Gasteiger charge is 2.23. The van der Waals surface area contributed by atoms with Gasteiger partial charge in [0.05, 0.1) is 12.5 Å². The van der Waals surface area contributed by atoms with Gasteiger partial charge in [-0.3, -0.25) is 10.9 Å². The van der Waals surface area contributed by atoms with Gasteiger partial charge in [-0.05, 0) is 36.1 Å². The first-order valence-electron chi connectivity index (χ1n) is 11.3. The van der Waals surface area contributed by atoms with Crippen molar-refractivity contribution in [1.29, 1.82) is 0 Å². The molecule has 1 atom stereocenters. The maximum Gasteiger partial charge on any atom is 0.219 e. The second-order valence-corrected chi connectivity index (χ2v) is 10.6. The maximum atomic E-state index is 11.7. The standard InChI is InChI=1S/C23H29N5O4S/c1-33(29,30)28-12-10-27(11-13-28)9-7-18-16-31-22-14-19(3-4-20(18)22)32-23-5-2-17(15-24-23)21-6-8-25-26-21/h2-5,14-16,21,25-26H,6-13H2,1H3. The van der Waals surface area contributed by atoms with Gasteiger partial charge in [0.15, 0.2) is 0 Å². The van der Waals surface area contributed by atoms with E-state index in [1.807, 2.05) is 36.5 Å². The van der Waals surface area contributed by atoms with Crippen molar-refractivity contribution < 1.29 is 17.6 Å². The van der Waals surface area contributed by atoms with Crippen molar-refractivity contribution in [1.82, 2.24) is 25.0 Å². The predicted octanol–water partition coefficient (Wildman–Crippen LogP) is 2.28. The molecule has 3 aromatic rings.